The molecule has 0 aromatic heterocycles. The predicted octanol–water partition coefficient (Wildman–Crippen LogP) is 3.27. The summed E-state index contributed by atoms with van der Waals surface area (Å²) in [4.78, 5) is 6.85. The minimum absolute atomic E-state index is 0.968. The molecule has 0 radical (unpaired) electrons. The van der Waals surface area contributed by atoms with Gasteiger partial charge in [-0.15, -0.1) is 0 Å². The Hall–Kier alpha value is -1.68. The lowest BCUT2D eigenvalue weighted by molar-refractivity contribution is 0.204. The summed E-state index contributed by atoms with van der Waals surface area (Å²) in [5.41, 5.74) is 8.82. The van der Waals surface area contributed by atoms with E-state index in [4.69, 9.17) is 0 Å². The molecule has 0 fully saturated rings. The van der Waals surface area contributed by atoms with Gasteiger partial charge in [0.05, 0.1) is 6.67 Å². The van der Waals surface area contributed by atoms with Gasteiger partial charge in [-0.3, -0.25) is 9.80 Å². The van der Waals surface area contributed by atoms with Crippen molar-refractivity contribution >= 4 is 0 Å². The van der Waals surface area contributed by atoms with Crippen molar-refractivity contribution in [1.82, 2.24) is 14.7 Å². The highest BCUT2D eigenvalue weighted by Gasteiger charge is 2.24. The van der Waals surface area contributed by atoms with Crippen LogP contribution in [-0.4, -0.2) is 56.6 Å². The van der Waals surface area contributed by atoms with Crippen LogP contribution in [0.4, 0.5) is 0 Å². The molecule has 0 N–H and O–H groups in total. The van der Waals surface area contributed by atoms with E-state index in [1.807, 2.05) is 0 Å². The first kappa shape index (κ1) is 17.2. The van der Waals surface area contributed by atoms with Crippen LogP contribution in [0.15, 0.2) is 36.4 Å². The van der Waals surface area contributed by atoms with Gasteiger partial charge in [0.1, 0.15) is 0 Å². The molecule has 128 valence electrons. The van der Waals surface area contributed by atoms with Gasteiger partial charge in [-0.2, -0.15) is 0 Å². The lowest BCUT2D eigenvalue weighted by atomic mass is 9.95. The normalized spacial score (nSPS) is 13.0. The maximum absolute atomic E-state index is 2.38. The maximum atomic E-state index is 2.38. The highest BCUT2D eigenvalue weighted by atomic mass is 15.3. The molecule has 0 spiro atoms. The van der Waals surface area contributed by atoms with Crippen LogP contribution < -0.4 is 0 Å². The monoisotopic (exact) mass is 323 g/mol. The van der Waals surface area contributed by atoms with Crippen molar-refractivity contribution in [1.29, 1.82) is 0 Å². The van der Waals surface area contributed by atoms with Crippen molar-refractivity contribution in [3.8, 4) is 11.1 Å². The summed E-state index contributed by atoms with van der Waals surface area (Å²) in [6.45, 7) is 2.96. The zero-order valence-corrected chi connectivity index (χ0v) is 15.6. The zero-order chi connectivity index (χ0) is 17.3. The van der Waals surface area contributed by atoms with Crippen molar-refractivity contribution in [2.75, 3.05) is 41.9 Å². The van der Waals surface area contributed by atoms with E-state index >= 15 is 0 Å². The van der Waals surface area contributed by atoms with E-state index < -0.39 is 0 Å². The number of fused-ring (bicyclic) bond motifs is 3. The van der Waals surface area contributed by atoms with E-state index in [1.54, 1.807) is 0 Å². The van der Waals surface area contributed by atoms with Crippen LogP contribution in [-0.2, 0) is 19.5 Å². The molecule has 3 rings (SSSR count). The second kappa shape index (κ2) is 7.06. The lowest BCUT2D eigenvalue weighted by Crippen LogP contribution is -2.30. The summed E-state index contributed by atoms with van der Waals surface area (Å²) in [5.74, 6) is 0. The van der Waals surface area contributed by atoms with Gasteiger partial charge in [0.15, 0.2) is 0 Å². The first-order valence-corrected chi connectivity index (χ1v) is 8.65. The fraction of sp³-hybridized carbons (Fsp3) is 0.429. The molecule has 3 nitrogen and oxygen atoms in total. The number of rotatable bonds is 6. The molecule has 0 saturated heterocycles. The molecular weight excluding hydrogens is 294 g/mol. The molecule has 2 aromatic carbocycles. The van der Waals surface area contributed by atoms with Crippen molar-refractivity contribution in [3.63, 3.8) is 0 Å². The molecule has 0 atom stereocenters. The number of hydrogen-bond donors (Lipinski definition) is 0. The highest BCUT2D eigenvalue weighted by molar-refractivity contribution is 5.80. The maximum Gasteiger partial charge on any atom is 0.0501 e. The summed E-state index contributed by atoms with van der Waals surface area (Å²) in [6.07, 6.45) is 1.07. The summed E-state index contributed by atoms with van der Waals surface area (Å²) in [6, 6.07) is 13.6. The van der Waals surface area contributed by atoms with Gasteiger partial charge >= 0.3 is 0 Å². The Balaban J connectivity index is 2.01. The Morgan fingerprint density at radius 1 is 0.792 bits per heavy atom. The van der Waals surface area contributed by atoms with Crippen LogP contribution in [0.25, 0.3) is 11.1 Å². The van der Waals surface area contributed by atoms with Crippen molar-refractivity contribution < 1.29 is 0 Å². The quantitative estimate of drug-likeness (QED) is 0.645. The SMILES string of the molecule is CN(C)Cc1ccc(CN(C)CN(C)C)c2c1Cc1ccccc1-2. The van der Waals surface area contributed by atoms with E-state index in [9.17, 15) is 0 Å². The van der Waals surface area contributed by atoms with Crippen LogP contribution >= 0.6 is 0 Å². The van der Waals surface area contributed by atoms with E-state index in [2.05, 4.69) is 86.3 Å². The Labute approximate surface area is 146 Å². The molecule has 0 heterocycles. The summed E-state index contributed by atoms with van der Waals surface area (Å²) >= 11 is 0. The molecule has 1 aliphatic carbocycles. The average molecular weight is 323 g/mol. The fourth-order valence-electron chi connectivity index (χ4n) is 3.83. The largest absolute Gasteiger partial charge is 0.305 e. The van der Waals surface area contributed by atoms with Gasteiger partial charge < -0.3 is 4.90 Å². The molecule has 0 unspecified atom stereocenters. The van der Waals surface area contributed by atoms with Crippen LogP contribution in [0.3, 0.4) is 0 Å². The Morgan fingerprint density at radius 2 is 1.50 bits per heavy atom. The van der Waals surface area contributed by atoms with Crippen molar-refractivity contribution in [2.24, 2.45) is 0 Å². The third kappa shape index (κ3) is 3.54. The van der Waals surface area contributed by atoms with Crippen LogP contribution in [0.5, 0.6) is 0 Å². The molecule has 2 aromatic rings. The molecule has 1 aliphatic rings. The molecular formula is C21H29N3. The van der Waals surface area contributed by atoms with Gasteiger partial charge in [-0.05, 0) is 75.0 Å². The van der Waals surface area contributed by atoms with Gasteiger partial charge in [-0.1, -0.05) is 36.4 Å². The smallest absolute Gasteiger partial charge is 0.0501 e. The summed E-state index contributed by atoms with van der Waals surface area (Å²) < 4.78 is 0. The third-order valence-electron chi connectivity index (χ3n) is 4.60. The standard InChI is InChI=1S/C21H29N3/c1-22(2)13-17-10-11-18(14-24(5)15-23(3)4)21-19-9-7-6-8-16(19)12-20(17)21/h6-11H,12-15H2,1-5H3. The number of nitrogens with zero attached hydrogens (tertiary/aromatic N) is 3. The highest BCUT2D eigenvalue weighted by Crippen LogP contribution is 2.41. The first-order chi connectivity index (χ1) is 11.5. The van der Waals surface area contributed by atoms with Crippen LogP contribution in [0, 0.1) is 0 Å². The fourth-order valence-corrected chi connectivity index (χ4v) is 3.83. The van der Waals surface area contributed by atoms with E-state index in [0.29, 0.717) is 0 Å². The molecule has 0 saturated carbocycles. The second-order valence-corrected chi connectivity index (χ2v) is 7.54. The van der Waals surface area contributed by atoms with Crippen LogP contribution in [0.1, 0.15) is 22.3 Å². The van der Waals surface area contributed by atoms with Gasteiger partial charge in [0.25, 0.3) is 0 Å². The van der Waals surface area contributed by atoms with E-state index in [1.165, 1.54) is 33.4 Å². The lowest BCUT2D eigenvalue weighted by Gasteiger charge is -2.23. The first-order valence-electron chi connectivity index (χ1n) is 8.65. The molecule has 0 bridgehead atoms. The molecule has 24 heavy (non-hydrogen) atoms. The Bertz CT molecular complexity index is 719. The molecule has 3 heteroatoms. The third-order valence-corrected chi connectivity index (χ3v) is 4.60. The van der Waals surface area contributed by atoms with Crippen LogP contribution in [0.2, 0.25) is 0 Å². The average Bonchev–Trinajstić information content (AvgIpc) is 2.88. The second-order valence-electron chi connectivity index (χ2n) is 7.54. The van der Waals surface area contributed by atoms with E-state index in [0.717, 1.165) is 26.2 Å². The zero-order valence-electron chi connectivity index (χ0n) is 15.6. The van der Waals surface area contributed by atoms with Gasteiger partial charge in [0.2, 0.25) is 0 Å². The molecule has 0 amide bonds. The summed E-state index contributed by atoms with van der Waals surface area (Å²) in [5, 5.41) is 0. The van der Waals surface area contributed by atoms with Crippen molar-refractivity contribution in [2.45, 2.75) is 19.5 Å². The minimum atomic E-state index is 0.968. The predicted molar refractivity (Wildman–Crippen MR) is 102 cm³/mol. The Morgan fingerprint density at radius 3 is 2.21 bits per heavy atom. The van der Waals surface area contributed by atoms with Gasteiger partial charge in [-0.25, -0.2) is 0 Å². The van der Waals surface area contributed by atoms with E-state index in [-0.39, 0.29) is 0 Å². The molecule has 0 aliphatic heterocycles. The Kier molecular flexibility index (Phi) is 5.04. The minimum Gasteiger partial charge on any atom is -0.305 e. The van der Waals surface area contributed by atoms with Crippen molar-refractivity contribution in [3.05, 3.63) is 58.7 Å². The topological polar surface area (TPSA) is 9.72 Å². The number of hydrogen-bond acceptors (Lipinski definition) is 3. The van der Waals surface area contributed by atoms with Gasteiger partial charge in [0, 0.05) is 13.1 Å². The number of benzene rings is 2. The summed E-state index contributed by atoms with van der Waals surface area (Å²) in [7, 11) is 10.7.